The molecule has 6 nitrogen and oxygen atoms in total. The quantitative estimate of drug-likeness (QED) is 0.519. The summed E-state index contributed by atoms with van der Waals surface area (Å²) in [5.74, 6) is 0.770. The number of nitrogens with one attached hydrogen (secondary N) is 1. The molecule has 5 N–H and O–H groups in total. The standard InChI is InChI=1S/C3H7NO2S.C2H6.CH3NO2/c1-2-7-4-3(5)6;1-2;2-1(3)4/h4H,2H2,1H3,(H,5,6);1-2H3;2H2,(H,3,4). The molecule has 0 aromatic carbocycles. The lowest BCUT2D eigenvalue weighted by Gasteiger charge is -1.90. The zero-order valence-electron chi connectivity index (χ0n) is 7.90. The van der Waals surface area contributed by atoms with Gasteiger partial charge in [0.2, 0.25) is 0 Å². The Balaban J connectivity index is -0.000000142. The largest absolute Gasteiger partial charge is 0.465 e. The molecule has 0 saturated carbocycles. The van der Waals surface area contributed by atoms with E-state index in [1.54, 1.807) is 0 Å². The van der Waals surface area contributed by atoms with Gasteiger partial charge in [0.1, 0.15) is 0 Å². The van der Waals surface area contributed by atoms with Crippen molar-refractivity contribution >= 4 is 24.1 Å². The molecule has 0 unspecified atom stereocenters. The van der Waals surface area contributed by atoms with E-state index in [-0.39, 0.29) is 0 Å². The predicted molar refractivity (Wildman–Crippen MR) is 52.9 cm³/mol. The number of amides is 2. The summed E-state index contributed by atoms with van der Waals surface area (Å²) in [6.45, 7) is 5.88. The van der Waals surface area contributed by atoms with Crippen molar-refractivity contribution in [1.82, 2.24) is 4.72 Å². The van der Waals surface area contributed by atoms with Crippen molar-refractivity contribution in [2.45, 2.75) is 20.8 Å². The molecule has 0 atom stereocenters. The van der Waals surface area contributed by atoms with E-state index in [1.165, 1.54) is 11.9 Å². The maximum atomic E-state index is 9.63. The van der Waals surface area contributed by atoms with Crippen molar-refractivity contribution in [1.29, 1.82) is 0 Å². The molecule has 0 bridgehead atoms. The molecule has 0 fully saturated rings. The third kappa shape index (κ3) is 103. The first kappa shape index (κ1) is 17.8. The average Bonchev–Trinajstić information content (AvgIpc) is 2.03. The van der Waals surface area contributed by atoms with Gasteiger partial charge < -0.3 is 15.9 Å². The van der Waals surface area contributed by atoms with Gasteiger partial charge in [-0.2, -0.15) is 0 Å². The van der Waals surface area contributed by atoms with Gasteiger partial charge in [0, 0.05) is 5.75 Å². The Bertz CT molecular complexity index is 128. The number of hydrogen-bond acceptors (Lipinski definition) is 3. The van der Waals surface area contributed by atoms with Crippen molar-refractivity contribution in [3.8, 4) is 0 Å². The predicted octanol–water partition coefficient (Wildman–Crippen LogP) is 1.57. The molecule has 80 valence electrons. The number of hydrogen-bond donors (Lipinski definition) is 4. The van der Waals surface area contributed by atoms with Gasteiger partial charge in [-0.1, -0.05) is 20.8 Å². The van der Waals surface area contributed by atoms with E-state index in [9.17, 15) is 4.79 Å². The number of rotatable bonds is 2. The molecule has 0 aliphatic heterocycles. The maximum Gasteiger partial charge on any atom is 0.414 e. The van der Waals surface area contributed by atoms with Crippen LogP contribution in [0.15, 0.2) is 0 Å². The summed E-state index contributed by atoms with van der Waals surface area (Å²) >= 11 is 1.17. The molecule has 0 aromatic rings. The SMILES string of the molecule is CC.CCSNC(=O)O.NC(=O)O. The van der Waals surface area contributed by atoms with Crippen LogP contribution >= 0.6 is 11.9 Å². The highest BCUT2D eigenvalue weighted by molar-refractivity contribution is 7.97. The molecule has 0 aliphatic rings. The van der Waals surface area contributed by atoms with Gasteiger partial charge in [-0.3, -0.25) is 4.72 Å². The fourth-order valence-corrected chi connectivity index (χ4v) is 0.402. The van der Waals surface area contributed by atoms with Gasteiger partial charge in [-0.25, -0.2) is 9.59 Å². The zero-order chi connectivity index (χ0) is 11.3. The topological polar surface area (TPSA) is 113 Å². The van der Waals surface area contributed by atoms with Crippen molar-refractivity contribution in [3.05, 3.63) is 0 Å². The Kier molecular flexibility index (Phi) is 23.5. The van der Waals surface area contributed by atoms with Gasteiger partial charge in [0.05, 0.1) is 0 Å². The molecule has 0 aliphatic carbocycles. The van der Waals surface area contributed by atoms with E-state index >= 15 is 0 Å². The summed E-state index contributed by atoms with van der Waals surface area (Å²) in [5.41, 5.74) is 4.03. The Morgan fingerprint density at radius 1 is 1.38 bits per heavy atom. The Morgan fingerprint density at radius 2 is 1.69 bits per heavy atom. The zero-order valence-corrected chi connectivity index (χ0v) is 8.72. The molecular weight excluding hydrogens is 196 g/mol. The van der Waals surface area contributed by atoms with Crippen LogP contribution in [0.3, 0.4) is 0 Å². The molecule has 0 spiro atoms. The number of carboxylic acid groups (broad SMARTS) is 2. The second-order valence-corrected chi connectivity index (χ2v) is 2.25. The molecule has 0 heterocycles. The second-order valence-electron chi connectivity index (χ2n) is 1.18. The third-order valence-corrected chi connectivity index (χ3v) is 0.911. The van der Waals surface area contributed by atoms with Crippen molar-refractivity contribution in [3.63, 3.8) is 0 Å². The van der Waals surface area contributed by atoms with Crippen molar-refractivity contribution < 1.29 is 19.8 Å². The van der Waals surface area contributed by atoms with E-state index in [2.05, 4.69) is 10.5 Å². The third-order valence-electron chi connectivity index (χ3n) is 0.304. The van der Waals surface area contributed by atoms with Gasteiger partial charge in [0.15, 0.2) is 0 Å². The minimum Gasteiger partial charge on any atom is -0.465 e. The molecule has 13 heavy (non-hydrogen) atoms. The Morgan fingerprint density at radius 3 is 1.77 bits per heavy atom. The summed E-state index contributed by atoms with van der Waals surface area (Å²) in [4.78, 5) is 18.4. The fraction of sp³-hybridized carbons (Fsp3) is 0.667. The molecular formula is C6H16N2O4S. The minimum atomic E-state index is -1.33. The van der Waals surface area contributed by atoms with Crippen molar-refractivity contribution in [2.24, 2.45) is 5.73 Å². The van der Waals surface area contributed by atoms with E-state index in [0.29, 0.717) is 0 Å². The molecule has 0 saturated heterocycles. The van der Waals surface area contributed by atoms with Crippen LogP contribution in [0.2, 0.25) is 0 Å². The second kappa shape index (κ2) is 17.1. The number of primary amides is 1. The minimum absolute atomic E-state index is 0.770. The number of carbonyl (C=O) groups is 2. The van der Waals surface area contributed by atoms with Gasteiger partial charge in [0.25, 0.3) is 0 Å². The van der Waals surface area contributed by atoms with E-state index in [4.69, 9.17) is 15.0 Å². The van der Waals surface area contributed by atoms with E-state index < -0.39 is 12.2 Å². The van der Waals surface area contributed by atoms with Crippen LogP contribution in [-0.2, 0) is 0 Å². The van der Waals surface area contributed by atoms with Gasteiger partial charge in [-0.15, -0.1) is 0 Å². The van der Waals surface area contributed by atoms with Gasteiger partial charge in [-0.05, 0) is 11.9 Å². The number of nitrogens with two attached hydrogens (primary N) is 1. The monoisotopic (exact) mass is 212 g/mol. The first-order valence-corrected chi connectivity index (χ1v) is 4.58. The molecule has 0 aromatic heterocycles. The lowest BCUT2D eigenvalue weighted by atomic mass is 11.0. The van der Waals surface area contributed by atoms with E-state index in [0.717, 1.165) is 5.75 Å². The molecule has 2 amide bonds. The summed E-state index contributed by atoms with van der Waals surface area (Å²) in [6, 6.07) is 0. The van der Waals surface area contributed by atoms with Crippen LogP contribution in [0.1, 0.15) is 20.8 Å². The van der Waals surface area contributed by atoms with E-state index in [1.807, 2.05) is 20.8 Å². The summed E-state index contributed by atoms with van der Waals surface area (Å²) in [6.07, 6.45) is -2.31. The lowest BCUT2D eigenvalue weighted by Crippen LogP contribution is -2.11. The highest BCUT2D eigenvalue weighted by Gasteiger charge is 1.87. The highest BCUT2D eigenvalue weighted by atomic mass is 32.2. The first-order valence-electron chi connectivity index (χ1n) is 3.59. The first-order chi connectivity index (χ1) is 6.00. The van der Waals surface area contributed by atoms with Crippen LogP contribution in [0.5, 0.6) is 0 Å². The lowest BCUT2D eigenvalue weighted by molar-refractivity contribution is 0.201. The van der Waals surface area contributed by atoms with Gasteiger partial charge >= 0.3 is 12.2 Å². The molecule has 7 heteroatoms. The summed E-state index contributed by atoms with van der Waals surface area (Å²) in [5, 5.41) is 15.1. The van der Waals surface area contributed by atoms with Crippen LogP contribution in [-0.4, -0.2) is 28.2 Å². The summed E-state index contributed by atoms with van der Waals surface area (Å²) < 4.78 is 2.13. The van der Waals surface area contributed by atoms with Crippen LogP contribution in [0, 0.1) is 0 Å². The Hall–Kier alpha value is -1.11. The van der Waals surface area contributed by atoms with Crippen LogP contribution in [0.4, 0.5) is 9.59 Å². The fourth-order valence-electron chi connectivity index (χ4n) is 0.134. The van der Waals surface area contributed by atoms with Crippen LogP contribution < -0.4 is 10.5 Å². The Labute approximate surface area is 81.6 Å². The maximum absolute atomic E-state index is 9.63. The smallest absolute Gasteiger partial charge is 0.414 e. The normalized spacial score (nSPS) is 6.69. The summed E-state index contributed by atoms with van der Waals surface area (Å²) in [7, 11) is 0. The molecule has 0 radical (unpaired) electrons. The molecule has 0 rings (SSSR count). The average molecular weight is 212 g/mol. The van der Waals surface area contributed by atoms with Crippen LogP contribution in [0.25, 0.3) is 0 Å². The van der Waals surface area contributed by atoms with Crippen molar-refractivity contribution in [2.75, 3.05) is 5.75 Å². The highest BCUT2D eigenvalue weighted by Crippen LogP contribution is 1.87.